The predicted octanol–water partition coefficient (Wildman–Crippen LogP) is 5.14. The number of carbonyl (C=O) groups excluding carboxylic acids is 2. The van der Waals surface area contributed by atoms with Gasteiger partial charge >= 0.3 is 12.0 Å². The predicted molar refractivity (Wildman–Crippen MR) is 120 cm³/mol. The fourth-order valence-electron chi connectivity index (χ4n) is 3.32. The number of hydrogen-bond acceptors (Lipinski definition) is 4. The standard InChI is InChI=1S/C23H27N3O3S/c1-5-29-20(27)14-18-8-10-19(11-9-18)25-23(28)24-16(3)21-15(2)17(4)30-22(21)26-12-6-7-13-26/h6-13,16H,5,14H2,1-4H3,(H2,24,25,28)/t16-/m0/s1. The van der Waals surface area contributed by atoms with Crippen LogP contribution in [-0.4, -0.2) is 23.2 Å². The van der Waals surface area contributed by atoms with E-state index in [4.69, 9.17) is 4.74 Å². The van der Waals surface area contributed by atoms with E-state index >= 15 is 0 Å². The van der Waals surface area contributed by atoms with Crippen LogP contribution in [0.25, 0.3) is 5.00 Å². The first-order valence-electron chi connectivity index (χ1n) is 9.94. The Balaban J connectivity index is 1.65. The van der Waals surface area contributed by atoms with E-state index in [2.05, 4.69) is 29.0 Å². The lowest BCUT2D eigenvalue weighted by atomic mass is 10.1. The number of carbonyl (C=O) groups is 2. The zero-order valence-electron chi connectivity index (χ0n) is 17.7. The number of hydrogen-bond donors (Lipinski definition) is 2. The Morgan fingerprint density at radius 2 is 1.80 bits per heavy atom. The molecule has 0 aliphatic carbocycles. The van der Waals surface area contributed by atoms with Crippen molar-refractivity contribution in [3.05, 3.63) is 70.4 Å². The fraction of sp³-hybridized carbons (Fsp3) is 0.304. The SMILES string of the molecule is CCOC(=O)Cc1ccc(NC(=O)N[C@@H](C)c2c(-n3cccc3)sc(C)c2C)cc1. The Kier molecular flexibility index (Phi) is 6.95. The van der Waals surface area contributed by atoms with Crippen LogP contribution in [-0.2, 0) is 16.0 Å². The smallest absolute Gasteiger partial charge is 0.319 e. The Bertz CT molecular complexity index is 1010. The van der Waals surface area contributed by atoms with Crippen molar-refractivity contribution in [2.45, 2.75) is 40.2 Å². The molecule has 2 aromatic heterocycles. The van der Waals surface area contributed by atoms with Crippen molar-refractivity contribution in [3.63, 3.8) is 0 Å². The van der Waals surface area contributed by atoms with Gasteiger partial charge in [0.15, 0.2) is 0 Å². The van der Waals surface area contributed by atoms with Crippen LogP contribution in [0.2, 0.25) is 0 Å². The number of nitrogens with one attached hydrogen (secondary N) is 2. The van der Waals surface area contributed by atoms with Crippen LogP contribution in [0.5, 0.6) is 0 Å². The maximum atomic E-state index is 12.6. The molecule has 2 heterocycles. The fourth-order valence-corrected chi connectivity index (χ4v) is 4.54. The van der Waals surface area contributed by atoms with Crippen molar-refractivity contribution in [2.75, 3.05) is 11.9 Å². The summed E-state index contributed by atoms with van der Waals surface area (Å²) in [4.78, 5) is 25.4. The van der Waals surface area contributed by atoms with E-state index in [-0.39, 0.29) is 24.5 Å². The van der Waals surface area contributed by atoms with Crippen molar-refractivity contribution < 1.29 is 14.3 Å². The molecule has 3 rings (SSSR count). The molecule has 0 radical (unpaired) electrons. The minimum Gasteiger partial charge on any atom is -0.466 e. The molecule has 6 nitrogen and oxygen atoms in total. The van der Waals surface area contributed by atoms with Gasteiger partial charge in [-0.15, -0.1) is 11.3 Å². The second-order valence-corrected chi connectivity index (χ2v) is 8.29. The van der Waals surface area contributed by atoms with Gasteiger partial charge in [0, 0.05) is 28.5 Å². The molecule has 0 aliphatic heterocycles. The van der Waals surface area contributed by atoms with Gasteiger partial charge in [-0.1, -0.05) is 12.1 Å². The molecule has 1 atom stereocenters. The van der Waals surface area contributed by atoms with E-state index in [1.165, 1.54) is 10.4 Å². The van der Waals surface area contributed by atoms with Gasteiger partial charge in [0.25, 0.3) is 0 Å². The summed E-state index contributed by atoms with van der Waals surface area (Å²) in [5, 5.41) is 7.01. The molecular weight excluding hydrogens is 398 g/mol. The first-order valence-corrected chi connectivity index (χ1v) is 10.8. The number of esters is 1. The Hall–Kier alpha value is -3.06. The molecule has 0 bridgehead atoms. The van der Waals surface area contributed by atoms with Crippen molar-refractivity contribution in [2.24, 2.45) is 0 Å². The molecule has 7 heteroatoms. The second kappa shape index (κ2) is 9.63. The molecule has 3 aromatic rings. The van der Waals surface area contributed by atoms with E-state index in [0.29, 0.717) is 12.3 Å². The van der Waals surface area contributed by atoms with E-state index in [1.807, 2.05) is 43.6 Å². The molecule has 0 saturated carbocycles. The minimum atomic E-state index is -0.276. The van der Waals surface area contributed by atoms with Crippen LogP contribution in [0, 0.1) is 13.8 Å². The summed E-state index contributed by atoms with van der Waals surface area (Å²) >= 11 is 1.72. The second-order valence-electron chi connectivity index (χ2n) is 7.09. The van der Waals surface area contributed by atoms with Crippen LogP contribution < -0.4 is 10.6 Å². The average molecular weight is 426 g/mol. The van der Waals surface area contributed by atoms with Crippen LogP contribution >= 0.6 is 11.3 Å². The molecule has 2 amide bonds. The van der Waals surface area contributed by atoms with Crippen LogP contribution in [0.1, 0.15) is 41.5 Å². The molecule has 0 saturated heterocycles. The Labute approximate surface area is 180 Å². The topological polar surface area (TPSA) is 72.4 Å². The van der Waals surface area contributed by atoms with Gasteiger partial charge in [0.2, 0.25) is 0 Å². The minimum absolute atomic E-state index is 0.157. The average Bonchev–Trinajstić information content (AvgIpc) is 3.32. The van der Waals surface area contributed by atoms with E-state index < -0.39 is 0 Å². The molecule has 158 valence electrons. The highest BCUT2D eigenvalue weighted by atomic mass is 32.1. The molecule has 0 aliphatic rings. The number of amides is 2. The summed E-state index contributed by atoms with van der Waals surface area (Å²) in [5.41, 5.74) is 3.82. The highest BCUT2D eigenvalue weighted by molar-refractivity contribution is 7.14. The summed E-state index contributed by atoms with van der Waals surface area (Å²) in [6, 6.07) is 10.7. The summed E-state index contributed by atoms with van der Waals surface area (Å²) < 4.78 is 7.04. The van der Waals surface area contributed by atoms with Crippen molar-refractivity contribution in [1.29, 1.82) is 0 Å². The van der Waals surface area contributed by atoms with Gasteiger partial charge in [0.05, 0.1) is 19.1 Å². The molecule has 0 unspecified atom stereocenters. The lowest BCUT2D eigenvalue weighted by Crippen LogP contribution is -2.31. The van der Waals surface area contributed by atoms with Crippen molar-refractivity contribution in [1.82, 2.24) is 9.88 Å². The zero-order valence-corrected chi connectivity index (χ0v) is 18.5. The molecule has 0 spiro atoms. The number of nitrogens with zero attached hydrogens (tertiary/aromatic N) is 1. The van der Waals surface area contributed by atoms with Gasteiger partial charge < -0.3 is 19.9 Å². The van der Waals surface area contributed by atoms with Gasteiger partial charge in [-0.25, -0.2) is 4.79 Å². The monoisotopic (exact) mass is 425 g/mol. The van der Waals surface area contributed by atoms with Crippen molar-refractivity contribution >= 4 is 29.0 Å². The van der Waals surface area contributed by atoms with E-state index in [0.717, 1.165) is 16.1 Å². The van der Waals surface area contributed by atoms with Crippen LogP contribution in [0.4, 0.5) is 10.5 Å². The summed E-state index contributed by atoms with van der Waals surface area (Å²) in [5.74, 6) is -0.260. The third-order valence-electron chi connectivity index (χ3n) is 4.90. The normalized spacial score (nSPS) is 11.7. The maximum Gasteiger partial charge on any atom is 0.319 e. The first-order chi connectivity index (χ1) is 14.4. The largest absolute Gasteiger partial charge is 0.466 e. The van der Waals surface area contributed by atoms with Gasteiger partial charge in [-0.05, 0) is 63.1 Å². The van der Waals surface area contributed by atoms with Crippen LogP contribution in [0.15, 0.2) is 48.8 Å². The Morgan fingerprint density at radius 1 is 1.13 bits per heavy atom. The third-order valence-corrected chi connectivity index (χ3v) is 6.13. The number of anilines is 1. The molecule has 1 aromatic carbocycles. The number of thiophene rings is 1. The first kappa shape index (κ1) is 21.6. The number of rotatable bonds is 7. The number of ether oxygens (including phenoxy) is 1. The highest BCUT2D eigenvalue weighted by Crippen LogP contribution is 2.35. The molecular formula is C23H27N3O3S. The lowest BCUT2D eigenvalue weighted by Gasteiger charge is -2.17. The van der Waals surface area contributed by atoms with Crippen molar-refractivity contribution in [3.8, 4) is 5.00 Å². The molecule has 30 heavy (non-hydrogen) atoms. The van der Waals surface area contributed by atoms with E-state index in [9.17, 15) is 9.59 Å². The summed E-state index contributed by atoms with van der Waals surface area (Å²) in [6.45, 7) is 8.33. The van der Waals surface area contributed by atoms with Gasteiger partial charge in [-0.3, -0.25) is 4.79 Å². The van der Waals surface area contributed by atoms with Gasteiger partial charge in [0.1, 0.15) is 5.00 Å². The summed E-state index contributed by atoms with van der Waals surface area (Å²) in [6.07, 6.45) is 4.24. The van der Waals surface area contributed by atoms with Crippen LogP contribution in [0.3, 0.4) is 0 Å². The number of aromatic nitrogens is 1. The van der Waals surface area contributed by atoms with Gasteiger partial charge in [-0.2, -0.15) is 0 Å². The number of urea groups is 1. The quantitative estimate of drug-likeness (QED) is 0.515. The number of aryl methyl sites for hydroxylation is 1. The highest BCUT2D eigenvalue weighted by Gasteiger charge is 2.21. The zero-order chi connectivity index (χ0) is 21.7. The Morgan fingerprint density at radius 3 is 2.43 bits per heavy atom. The molecule has 2 N–H and O–H groups in total. The number of benzene rings is 1. The third kappa shape index (κ3) is 5.10. The van der Waals surface area contributed by atoms with E-state index in [1.54, 1.807) is 30.4 Å². The summed E-state index contributed by atoms with van der Waals surface area (Å²) in [7, 11) is 0. The maximum absolute atomic E-state index is 12.6. The molecule has 0 fully saturated rings. The lowest BCUT2D eigenvalue weighted by molar-refractivity contribution is -0.142.